The van der Waals surface area contributed by atoms with E-state index in [0.29, 0.717) is 25.5 Å². The minimum absolute atomic E-state index is 0.0206. The summed E-state index contributed by atoms with van der Waals surface area (Å²) in [5.41, 5.74) is 11.1. The fourth-order valence-corrected chi connectivity index (χ4v) is 11.0. The van der Waals surface area contributed by atoms with E-state index in [2.05, 4.69) is 62.5 Å². The van der Waals surface area contributed by atoms with Crippen molar-refractivity contribution in [2.75, 3.05) is 67.5 Å². The lowest BCUT2D eigenvalue weighted by Crippen LogP contribution is -2.57. The van der Waals surface area contributed by atoms with Gasteiger partial charge in [0.05, 0.1) is 46.2 Å². The first-order valence-electron chi connectivity index (χ1n) is 25.2. The highest BCUT2D eigenvalue weighted by Crippen LogP contribution is 2.32. The number of aliphatic hydroxyl groups excluding tert-OH is 1. The molecule has 0 unspecified atom stereocenters. The van der Waals surface area contributed by atoms with E-state index in [1.807, 2.05) is 94.9 Å². The monoisotopic (exact) mass is 1030 g/mol. The fraction of sp³-hybridized carbons (Fsp3) is 0.491. The van der Waals surface area contributed by atoms with E-state index < -0.39 is 35.4 Å². The number of hydrogen-bond acceptors (Lipinski definition) is 16. The number of likely N-dealkylation sites (tertiary alicyclic amines) is 1. The molecule has 20 heteroatoms. The first-order chi connectivity index (χ1) is 34.9. The maximum atomic E-state index is 14.3. The number of anilines is 3. The molecule has 3 aromatic heterocycles. The number of thiazole rings is 1. The van der Waals surface area contributed by atoms with Crippen LogP contribution in [0.25, 0.3) is 10.4 Å². The van der Waals surface area contributed by atoms with Crippen LogP contribution >= 0.6 is 23.1 Å². The summed E-state index contributed by atoms with van der Waals surface area (Å²) in [5, 5.41) is 20.5. The number of carbonyl (C=O) groups excluding carboxylic acids is 4. The molecule has 0 radical (unpaired) electrons. The van der Waals surface area contributed by atoms with Crippen LogP contribution in [0.3, 0.4) is 0 Å². The number of piperazine rings is 1. The highest BCUT2D eigenvalue weighted by atomic mass is 32.2. The molecule has 0 spiro atoms. The quantitative estimate of drug-likeness (QED) is 0.0665. The van der Waals surface area contributed by atoms with Crippen molar-refractivity contribution in [3.63, 3.8) is 0 Å². The smallest absolute Gasteiger partial charge is 0.255 e. The van der Waals surface area contributed by atoms with Gasteiger partial charge in [-0.1, -0.05) is 62.9 Å². The van der Waals surface area contributed by atoms with Crippen LogP contribution in [0.15, 0.2) is 88.8 Å². The molecule has 3 saturated heterocycles. The summed E-state index contributed by atoms with van der Waals surface area (Å²) in [5.74, 6) is 0.0133. The summed E-state index contributed by atoms with van der Waals surface area (Å²) >= 11 is 3.08. The molecule has 0 aliphatic carbocycles. The number of hydrogen-bond donors (Lipinski definition) is 5. The first-order valence-corrected chi connectivity index (χ1v) is 26.9. The molecule has 388 valence electrons. The van der Waals surface area contributed by atoms with Gasteiger partial charge in [-0.2, -0.15) is 0 Å². The number of nitrogens with one attached hydrogen (secondary N) is 3. The summed E-state index contributed by atoms with van der Waals surface area (Å²) < 4.78 is 0. The van der Waals surface area contributed by atoms with Gasteiger partial charge in [-0.3, -0.25) is 24.1 Å². The third-order valence-electron chi connectivity index (χ3n) is 13.9. The number of unbranched alkanes of at least 4 members (excludes halogenated alkanes) is 1. The maximum absolute atomic E-state index is 14.3. The number of amides is 4. The Bertz CT molecular complexity index is 2680. The van der Waals surface area contributed by atoms with Gasteiger partial charge >= 0.3 is 0 Å². The molecule has 6 heterocycles. The Labute approximate surface area is 436 Å². The van der Waals surface area contributed by atoms with Gasteiger partial charge in [0.15, 0.2) is 0 Å². The predicted molar refractivity (Wildman–Crippen MR) is 285 cm³/mol. The second-order valence-corrected chi connectivity index (χ2v) is 22.8. The number of nitrogens with two attached hydrogens (primary N) is 1. The molecule has 0 saturated carbocycles. The summed E-state index contributed by atoms with van der Waals surface area (Å²) in [6.45, 7) is 17.1. The summed E-state index contributed by atoms with van der Waals surface area (Å²) in [4.78, 5) is 87.4. The van der Waals surface area contributed by atoms with E-state index in [0.717, 1.165) is 102 Å². The van der Waals surface area contributed by atoms with Crippen LogP contribution in [0, 0.1) is 12.3 Å². The molecular formula is C53H69N13O5S2. The van der Waals surface area contributed by atoms with E-state index in [-0.39, 0.29) is 41.9 Å². The SMILES string of the molecule is Cc1ncsc1-c1ccc([C@H](C)NC(=O)[C@@H]2C[C@@H](O)CN2C(=O)[C@@H](NC(=O)c2cnc(N3CCN(CCCCC(=O)Nc4cccc(Sc5cnc(N6CCC(C)(N)CC6)cn5)c4)CC3)nc2)C(C)(C)C)cc1. The molecule has 18 nitrogen and oxygen atoms in total. The molecular weight excluding hydrogens is 963 g/mol. The minimum Gasteiger partial charge on any atom is -0.391 e. The van der Waals surface area contributed by atoms with Gasteiger partial charge in [0.2, 0.25) is 23.7 Å². The highest BCUT2D eigenvalue weighted by molar-refractivity contribution is 7.99. The molecule has 0 bridgehead atoms. The molecule has 3 aliphatic rings. The first kappa shape index (κ1) is 53.2. The molecule has 4 atom stereocenters. The second kappa shape index (κ2) is 23.4. The third-order valence-corrected chi connectivity index (χ3v) is 15.8. The average molecular weight is 1030 g/mol. The van der Waals surface area contributed by atoms with Crippen molar-refractivity contribution in [2.45, 2.75) is 120 Å². The van der Waals surface area contributed by atoms with Crippen molar-refractivity contribution < 1.29 is 24.3 Å². The fourth-order valence-electron chi connectivity index (χ4n) is 9.38. The zero-order valence-electron chi connectivity index (χ0n) is 42.7. The van der Waals surface area contributed by atoms with Crippen molar-refractivity contribution in [3.8, 4) is 10.4 Å². The van der Waals surface area contributed by atoms with Gasteiger partial charge in [-0.15, -0.1) is 11.3 Å². The number of aliphatic hydroxyl groups is 1. The zero-order valence-corrected chi connectivity index (χ0v) is 44.3. The third kappa shape index (κ3) is 14.0. The number of benzene rings is 2. The predicted octanol–water partition coefficient (Wildman–Crippen LogP) is 6.08. The number of aromatic nitrogens is 5. The normalized spacial score (nSPS) is 19.0. The van der Waals surface area contributed by atoms with Crippen LogP contribution in [0.1, 0.15) is 101 Å². The van der Waals surface area contributed by atoms with Crippen LogP contribution in [0.5, 0.6) is 0 Å². The van der Waals surface area contributed by atoms with E-state index in [4.69, 9.17) is 5.73 Å². The second-order valence-electron chi connectivity index (χ2n) is 20.9. The number of β-amino-alcohol motifs (C(OH)–C–C–N with tert-alkyl or cyclic N) is 1. The van der Waals surface area contributed by atoms with E-state index in [9.17, 15) is 24.3 Å². The Kier molecular flexibility index (Phi) is 17.1. The molecule has 2 aromatic carbocycles. The molecule has 3 aliphatic heterocycles. The molecule has 8 rings (SSSR count). The Morgan fingerprint density at radius 2 is 1.62 bits per heavy atom. The molecule has 6 N–H and O–H groups in total. The minimum atomic E-state index is -1.01. The van der Waals surface area contributed by atoms with Gasteiger partial charge in [0, 0.05) is 87.2 Å². The van der Waals surface area contributed by atoms with Crippen molar-refractivity contribution in [3.05, 3.63) is 95.6 Å². The zero-order chi connectivity index (χ0) is 51.9. The molecule has 73 heavy (non-hydrogen) atoms. The van der Waals surface area contributed by atoms with Crippen LogP contribution in [-0.2, 0) is 14.4 Å². The van der Waals surface area contributed by atoms with Crippen LogP contribution in [-0.4, -0.2) is 140 Å². The van der Waals surface area contributed by atoms with Gasteiger partial charge < -0.3 is 41.5 Å². The number of nitrogens with zero attached hydrogens (tertiary/aromatic N) is 9. The van der Waals surface area contributed by atoms with Gasteiger partial charge in [-0.25, -0.2) is 24.9 Å². The topological polar surface area (TPSA) is 228 Å². The van der Waals surface area contributed by atoms with Crippen LogP contribution in [0.2, 0.25) is 0 Å². The number of piperidine rings is 1. The Morgan fingerprint density at radius 1 is 0.890 bits per heavy atom. The molecule has 3 fully saturated rings. The van der Waals surface area contributed by atoms with Crippen molar-refractivity contribution in [1.82, 2.24) is 45.4 Å². The average Bonchev–Trinajstić information content (AvgIpc) is 3.99. The number of aryl methyl sites for hydroxylation is 1. The Balaban J connectivity index is 0.752. The van der Waals surface area contributed by atoms with Crippen molar-refractivity contribution in [1.29, 1.82) is 0 Å². The maximum Gasteiger partial charge on any atom is 0.255 e. The Hall–Kier alpha value is -6.06. The van der Waals surface area contributed by atoms with Gasteiger partial charge in [-0.05, 0) is 87.7 Å². The van der Waals surface area contributed by atoms with Crippen molar-refractivity contribution in [2.24, 2.45) is 11.1 Å². The number of rotatable bonds is 17. The molecule has 4 amide bonds. The van der Waals surface area contributed by atoms with Gasteiger partial charge in [0.1, 0.15) is 22.9 Å². The lowest BCUT2D eigenvalue weighted by molar-refractivity contribution is -0.142. The largest absolute Gasteiger partial charge is 0.391 e. The van der Waals surface area contributed by atoms with Gasteiger partial charge in [0.25, 0.3) is 5.91 Å². The standard InChI is InChI=1S/C53H69N13O5S2/c1-34(36-13-15-37(16-14-36)46-35(2)59-33-72-46)60-49(70)42-27-40(67)32-66(42)50(71)47(52(3,4)5)62-48(69)38-28-57-51(58-29-38)65-24-22-63(23-25-65)19-8-7-12-44(68)61-39-10-9-11-41(26-39)73-45-31-55-43(30-56-45)64-20-17-53(6,54)18-21-64/h9-11,13-16,26,28-31,33-34,40,42,47,67H,7-8,12,17-25,27,32,54H2,1-6H3,(H,60,70)(H,61,68)(H,62,69)/t34-,40+,42-,47+/m0/s1. The van der Waals surface area contributed by atoms with E-state index in [1.54, 1.807) is 17.5 Å². The highest BCUT2D eigenvalue weighted by Gasteiger charge is 2.45. The van der Waals surface area contributed by atoms with E-state index in [1.165, 1.54) is 29.1 Å². The Morgan fingerprint density at radius 3 is 2.27 bits per heavy atom. The summed E-state index contributed by atoms with van der Waals surface area (Å²) in [6.07, 6.45) is 9.65. The number of carbonyl (C=O) groups is 4. The molecule has 5 aromatic rings. The summed E-state index contributed by atoms with van der Waals surface area (Å²) in [6, 6.07) is 13.4. The lowest BCUT2D eigenvalue weighted by atomic mass is 9.85. The lowest BCUT2D eigenvalue weighted by Gasteiger charge is -2.37. The van der Waals surface area contributed by atoms with Crippen molar-refractivity contribution >= 4 is 64.2 Å². The van der Waals surface area contributed by atoms with E-state index >= 15 is 0 Å². The summed E-state index contributed by atoms with van der Waals surface area (Å²) in [7, 11) is 0. The van der Waals surface area contributed by atoms with Crippen LogP contribution < -0.4 is 31.5 Å². The van der Waals surface area contributed by atoms with Crippen LogP contribution in [0.4, 0.5) is 17.5 Å².